The molecule has 6 rings (SSSR count). The summed E-state index contributed by atoms with van der Waals surface area (Å²) >= 11 is 1.26. The molecule has 6 nitrogen and oxygen atoms in total. The van der Waals surface area contributed by atoms with Crippen molar-refractivity contribution < 1.29 is 13.5 Å². The van der Waals surface area contributed by atoms with Crippen molar-refractivity contribution in [3.05, 3.63) is 51.5 Å². The Morgan fingerprint density at radius 2 is 2.00 bits per heavy atom. The second kappa shape index (κ2) is 9.58. The monoisotopic (exact) mass is 509 g/mol. The van der Waals surface area contributed by atoms with Gasteiger partial charge in [-0.05, 0) is 62.6 Å². The molecule has 1 saturated heterocycles. The Hall–Kier alpha value is -2.80. The number of benzene rings is 1. The summed E-state index contributed by atoms with van der Waals surface area (Å²) in [7, 11) is 2.13. The minimum Gasteiger partial charge on any atom is -0.381 e. The number of hydrogen-bond acceptors (Lipinski definition) is 6. The highest BCUT2D eigenvalue weighted by molar-refractivity contribution is 7.16. The third-order valence-electron chi connectivity index (χ3n) is 7.63. The number of hydrogen-bond donors (Lipinski definition) is 0. The van der Waals surface area contributed by atoms with Gasteiger partial charge in [0.1, 0.15) is 10.9 Å². The lowest BCUT2D eigenvalue weighted by Gasteiger charge is -2.33. The fourth-order valence-corrected chi connectivity index (χ4v) is 6.66. The largest absolute Gasteiger partial charge is 0.381 e. The van der Waals surface area contributed by atoms with Crippen molar-refractivity contribution in [3.63, 3.8) is 0 Å². The molecular weight excluding hydrogens is 480 g/mol. The Morgan fingerprint density at radius 1 is 1.17 bits per heavy atom. The van der Waals surface area contributed by atoms with Crippen LogP contribution in [0.15, 0.2) is 24.3 Å². The molecule has 3 aliphatic heterocycles. The quantitative estimate of drug-likeness (QED) is 0.442. The standard InChI is InChI=1S/C27H29F2N5OS/c1-32-10-6-23-22(16-32)27(31-34(23)18-7-11-35-12-8-18)33-9-2-3-17-13-20(21(26(28)29)14-24(17)33)25-5-4-19(15-30)36-25/h4-5,13-14,18,26H,2-3,6-12,16H2,1H3. The van der Waals surface area contributed by atoms with E-state index in [-0.39, 0.29) is 5.56 Å². The number of alkyl halides is 2. The predicted molar refractivity (Wildman–Crippen MR) is 136 cm³/mol. The maximum Gasteiger partial charge on any atom is 0.264 e. The van der Waals surface area contributed by atoms with E-state index in [4.69, 9.17) is 9.84 Å². The van der Waals surface area contributed by atoms with E-state index < -0.39 is 6.43 Å². The molecule has 9 heteroatoms. The van der Waals surface area contributed by atoms with Crippen LogP contribution in [-0.2, 0) is 24.1 Å². The Labute approximate surface area is 213 Å². The van der Waals surface area contributed by atoms with E-state index in [1.165, 1.54) is 22.6 Å². The third kappa shape index (κ3) is 4.11. The first-order valence-corrected chi connectivity index (χ1v) is 13.4. The molecule has 1 fully saturated rings. The first-order chi connectivity index (χ1) is 17.5. The summed E-state index contributed by atoms with van der Waals surface area (Å²) in [5, 5.41) is 14.4. The van der Waals surface area contributed by atoms with Gasteiger partial charge in [0.2, 0.25) is 0 Å². The molecule has 5 heterocycles. The Morgan fingerprint density at radius 3 is 2.75 bits per heavy atom. The number of ether oxygens (including phenoxy) is 1. The fourth-order valence-electron chi connectivity index (χ4n) is 5.82. The van der Waals surface area contributed by atoms with Gasteiger partial charge in [0.05, 0.1) is 6.04 Å². The maximum atomic E-state index is 14.4. The molecule has 36 heavy (non-hydrogen) atoms. The number of anilines is 2. The maximum absolute atomic E-state index is 14.4. The number of nitrogens with zero attached hydrogens (tertiary/aromatic N) is 5. The lowest BCUT2D eigenvalue weighted by molar-refractivity contribution is 0.0651. The first kappa shape index (κ1) is 23.6. The summed E-state index contributed by atoms with van der Waals surface area (Å²) in [5.74, 6) is 0.917. The van der Waals surface area contributed by atoms with Crippen LogP contribution in [0, 0.1) is 11.3 Å². The highest BCUT2D eigenvalue weighted by Gasteiger charge is 2.33. The number of thiophene rings is 1. The molecule has 0 atom stereocenters. The summed E-state index contributed by atoms with van der Waals surface area (Å²) < 4.78 is 36.5. The second-order valence-corrected chi connectivity index (χ2v) is 11.0. The van der Waals surface area contributed by atoms with Crippen LogP contribution < -0.4 is 4.90 Å². The summed E-state index contributed by atoms with van der Waals surface area (Å²) in [6.07, 6.45) is 2.00. The Kier molecular flexibility index (Phi) is 6.28. The van der Waals surface area contributed by atoms with Gasteiger partial charge in [-0.1, -0.05) is 0 Å². The first-order valence-electron chi connectivity index (χ1n) is 12.6. The highest BCUT2D eigenvalue weighted by atomic mass is 32.1. The van der Waals surface area contributed by atoms with Crippen LogP contribution in [0.25, 0.3) is 10.4 Å². The van der Waals surface area contributed by atoms with Crippen molar-refractivity contribution in [2.75, 3.05) is 38.3 Å². The molecule has 0 N–H and O–H groups in total. The van der Waals surface area contributed by atoms with Gasteiger partial charge in [-0.3, -0.25) is 4.68 Å². The molecule has 0 saturated carbocycles. The van der Waals surface area contributed by atoms with E-state index in [1.54, 1.807) is 18.2 Å². The molecule has 0 amide bonds. The SMILES string of the molecule is CN1CCc2c(c(N3CCCc4cc(-c5ccc(C#N)s5)c(C(F)F)cc43)nn2C2CCOCC2)C1. The van der Waals surface area contributed by atoms with Crippen molar-refractivity contribution in [2.24, 2.45) is 0 Å². The molecule has 0 spiro atoms. The van der Waals surface area contributed by atoms with Crippen LogP contribution >= 0.6 is 11.3 Å². The van der Waals surface area contributed by atoms with E-state index in [0.717, 1.165) is 82.0 Å². The molecule has 3 aromatic rings. The topological polar surface area (TPSA) is 57.3 Å². The van der Waals surface area contributed by atoms with Gasteiger partial charge in [-0.25, -0.2) is 8.78 Å². The molecular formula is C27H29F2N5OS. The summed E-state index contributed by atoms with van der Waals surface area (Å²) in [6, 6.07) is 9.51. The molecule has 0 unspecified atom stereocenters. The second-order valence-electron chi connectivity index (χ2n) is 9.92. The van der Waals surface area contributed by atoms with Crippen molar-refractivity contribution in [1.29, 1.82) is 5.26 Å². The van der Waals surface area contributed by atoms with Crippen LogP contribution in [0.3, 0.4) is 0 Å². The molecule has 0 radical (unpaired) electrons. The third-order valence-corrected chi connectivity index (χ3v) is 8.66. The number of halogens is 2. The fraction of sp³-hybridized carbons (Fsp3) is 0.481. The average molecular weight is 510 g/mol. The normalized spacial score (nSPS) is 18.8. The summed E-state index contributed by atoms with van der Waals surface area (Å²) in [6.45, 7) is 4.05. The van der Waals surface area contributed by atoms with Crippen molar-refractivity contribution in [1.82, 2.24) is 14.7 Å². The average Bonchev–Trinajstić information content (AvgIpc) is 3.53. The summed E-state index contributed by atoms with van der Waals surface area (Å²) in [4.78, 5) is 5.73. The van der Waals surface area contributed by atoms with Gasteiger partial charge in [0.25, 0.3) is 6.43 Å². The molecule has 3 aliphatic rings. The number of nitriles is 1. The number of rotatable bonds is 4. The molecule has 0 bridgehead atoms. The van der Waals surface area contributed by atoms with Gasteiger partial charge in [0, 0.05) is 72.2 Å². The van der Waals surface area contributed by atoms with E-state index in [1.807, 2.05) is 6.07 Å². The number of fused-ring (bicyclic) bond motifs is 2. The van der Waals surface area contributed by atoms with Crippen LogP contribution in [0.2, 0.25) is 0 Å². The summed E-state index contributed by atoms with van der Waals surface area (Å²) in [5.41, 5.74) is 4.96. The van der Waals surface area contributed by atoms with E-state index >= 15 is 0 Å². The van der Waals surface area contributed by atoms with Gasteiger partial charge < -0.3 is 14.5 Å². The molecule has 1 aromatic carbocycles. The Bertz CT molecular complexity index is 1320. The van der Waals surface area contributed by atoms with Gasteiger partial charge in [-0.2, -0.15) is 10.4 Å². The zero-order valence-electron chi connectivity index (χ0n) is 20.3. The van der Waals surface area contributed by atoms with Gasteiger partial charge >= 0.3 is 0 Å². The van der Waals surface area contributed by atoms with Crippen molar-refractivity contribution in [3.8, 4) is 16.5 Å². The van der Waals surface area contributed by atoms with Crippen LogP contribution in [-0.4, -0.2) is 48.0 Å². The van der Waals surface area contributed by atoms with E-state index in [0.29, 0.717) is 21.4 Å². The highest BCUT2D eigenvalue weighted by Crippen LogP contribution is 2.44. The van der Waals surface area contributed by atoms with E-state index in [2.05, 4.69) is 27.6 Å². The number of aryl methyl sites for hydroxylation is 1. The zero-order chi connectivity index (χ0) is 24.8. The minimum absolute atomic E-state index is 0.0156. The predicted octanol–water partition coefficient (Wildman–Crippen LogP) is 5.84. The Balaban J connectivity index is 1.46. The van der Waals surface area contributed by atoms with Gasteiger partial charge in [0.15, 0.2) is 5.82 Å². The number of aromatic nitrogens is 2. The molecule has 2 aromatic heterocycles. The van der Waals surface area contributed by atoms with Gasteiger partial charge in [-0.15, -0.1) is 11.3 Å². The molecule has 0 aliphatic carbocycles. The van der Waals surface area contributed by atoms with Crippen molar-refractivity contribution >= 4 is 22.8 Å². The smallest absolute Gasteiger partial charge is 0.264 e. The lowest BCUT2D eigenvalue weighted by atomic mass is 9.94. The lowest BCUT2D eigenvalue weighted by Crippen LogP contribution is -2.30. The van der Waals surface area contributed by atoms with Crippen LogP contribution in [0.5, 0.6) is 0 Å². The van der Waals surface area contributed by atoms with Crippen LogP contribution in [0.1, 0.15) is 59.0 Å². The molecule has 188 valence electrons. The number of likely N-dealkylation sites (N-methyl/N-ethyl adjacent to an activating group) is 1. The zero-order valence-corrected chi connectivity index (χ0v) is 21.2. The minimum atomic E-state index is -2.61. The van der Waals surface area contributed by atoms with E-state index in [9.17, 15) is 14.0 Å². The van der Waals surface area contributed by atoms with Crippen molar-refractivity contribution in [2.45, 2.75) is 51.1 Å². The van der Waals surface area contributed by atoms with Crippen LogP contribution in [0.4, 0.5) is 20.3 Å².